The first kappa shape index (κ1) is 16.5. The van der Waals surface area contributed by atoms with Crippen LogP contribution in [0.1, 0.15) is 25.0 Å². The fourth-order valence-corrected chi connectivity index (χ4v) is 3.62. The zero-order valence-electron chi connectivity index (χ0n) is 15.3. The van der Waals surface area contributed by atoms with Crippen LogP contribution in [-0.4, -0.2) is 0 Å². The lowest BCUT2D eigenvalue weighted by molar-refractivity contribution is 1.23. The molecule has 0 amide bonds. The fourth-order valence-electron chi connectivity index (χ4n) is 3.62. The number of nitrogens with one attached hydrogen (secondary N) is 2. The second kappa shape index (κ2) is 7.09. The van der Waals surface area contributed by atoms with Crippen molar-refractivity contribution >= 4 is 22.1 Å². The highest BCUT2D eigenvalue weighted by molar-refractivity contribution is 5.92. The molecule has 2 aliphatic rings. The van der Waals surface area contributed by atoms with E-state index in [2.05, 4.69) is 97.3 Å². The van der Waals surface area contributed by atoms with Gasteiger partial charge in [-0.15, -0.1) is 0 Å². The van der Waals surface area contributed by atoms with Crippen molar-refractivity contribution in [3.63, 3.8) is 0 Å². The van der Waals surface area contributed by atoms with Gasteiger partial charge < -0.3 is 10.6 Å². The summed E-state index contributed by atoms with van der Waals surface area (Å²) in [5.74, 6) is 0. The summed E-state index contributed by atoms with van der Waals surface area (Å²) in [5, 5.41) is 9.49. The molecule has 2 heterocycles. The van der Waals surface area contributed by atoms with E-state index in [1.807, 2.05) is 0 Å². The molecule has 0 saturated carbocycles. The van der Waals surface area contributed by atoms with E-state index in [9.17, 15) is 0 Å². The van der Waals surface area contributed by atoms with Crippen LogP contribution in [0.3, 0.4) is 0 Å². The van der Waals surface area contributed by atoms with E-state index in [1.165, 1.54) is 44.7 Å². The molecule has 0 fully saturated rings. The predicted molar refractivity (Wildman–Crippen MR) is 113 cm³/mol. The maximum atomic E-state index is 3.44. The smallest absolute Gasteiger partial charge is 0.0424 e. The Morgan fingerprint density at radius 2 is 1.38 bits per heavy atom. The minimum atomic E-state index is 1.03. The van der Waals surface area contributed by atoms with Crippen molar-refractivity contribution in [2.75, 3.05) is 10.6 Å². The molecule has 0 bridgehead atoms. The molecule has 0 aliphatic carbocycles. The standard InChI is InChI=1S/C14H13N.C10H11N/c1-2-11-9-13-12-6-4-3-5-10(12)7-8-14(13)15-11;1-2-9-7-8-5-3-4-6-10(8)11-9/h2-8,15H,9H2,1H3;2-6,11H,7H2,1H3. The Labute approximate surface area is 155 Å². The zero-order valence-corrected chi connectivity index (χ0v) is 15.3. The van der Waals surface area contributed by atoms with Gasteiger partial charge in [0.15, 0.2) is 0 Å². The van der Waals surface area contributed by atoms with Crippen LogP contribution >= 0.6 is 0 Å². The molecular formula is C24H24N2. The molecule has 2 heteroatoms. The van der Waals surface area contributed by atoms with Gasteiger partial charge in [0.1, 0.15) is 0 Å². The van der Waals surface area contributed by atoms with Crippen molar-refractivity contribution in [2.45, 2.75) is 26.7 Å². The molecule has 2 aliphatic heterocycles. The molecule has 0 spiro atoms. The third kappa shape index (κ3) is 3.11. The maximum absolute atomic E-state index is 3.44. The van der Waals surface area contributed by atoms with Gasteiger partial charge in [0, 0.05) is 35.6 Å². The van der Waals surface area contributed by atoms with Crippen LogP contribution in [-0.2, 0) is 12.8 Å². The summed E-state index contributed by atoms with van der Waals surface area (Å²) < 4.78 is 0. The van der Waals surface area contributed by atoms with E-state index < -0.39 is 0 Å². The summed E-state index contributed by atoms with van der Waals surface area (Å²) >= 11 is 0. The lowest BCUT2D eigenvalue weighted by Gasteiger charge is -2.03. The number of anilines is 2. The first-order valence-corrected chi connectivity index (χ1v) is 9.21. The monoisotopic (exact) mass is 340 g/mol. The first-order valence-electron chi connectivity index (χ1n) is 9.21. The Morgan fingerprint density at radius 1 is 0.692 bits per heavy atom. The summed E-state index contributed by atoms with van der Waals surface area (Å²) in [6, 6.07) is 21.4. The van der Waals surface area contributed by atoms with Gasteiger partial charge in [-0.2, -0.15) is 0 Å². The molecule has 0 radical (unpaired) electrons. The van der Waals surface area contributed by atoms with Gasteiger partial charge in [-0.3, -0.25) is 0 Å². The third-order valence-corrected chi connectivity index (χ3v) is 5.09. The minimum Gasteiger partial charge on any atom is -0.359 e. The van der Waals surface area contributed by atoms with Gasteiger partial charge in [0.2, 0.25) is 0 Å². The Balaban J connectivity index is 0.000000136. The average molecular weight is 340 g/mol. The largest absolute Gasteiger partial charge is 0.359 e. The Hall–Kier alpha value is -3.00. The average Bonchev–Trinajstić information content (AvgIpc) is 3.32. The van der Waals surface area contributed by atoms with Crippen molar-refractivity contribution < 1.29 is 0 Å². The molecule has 2 N–H and O–H groups in total. The second-order valence-electron chi connectivity index (χ2n) is 6.70. The SMILES string of the molecule is CC=C1Cc2c(ccc3ccccc23)N1.CC=C1Cc2ccccc2N1. The molecule has 0 aromatic heterocycles. The van der Waals surface area contributed by atoms with E-state index in [0.717, 1.165) is 12.8 Å². The van der Waals surface area contributed by atoms with Crippen molar-refractivity contribution in [1.82, 2.24) is 0 Å². The lowest BCUT2D eigenvalue weighted by atomic mass is 10.0. The quantitative estimate of drug-likeness (QED) is 0.504. The molecule has 5 rings (SSSR count). The summed E-state index contributed by atoms with van der Waals surface area (Å²) in [5.41, 5.74) is 7.98. The first-order chi connectivity index (χ1) is 12.8. The van der Waals surface area contributed by atoms with Crippen molar-refractivity contribution in [3.8, 4) is 0 Å². The van der Waals surface area contributed by atoms with Gasteiger partial charge in [-0.05, 0) is 47.9 Å². The van der Waals surface area contributed by atoms with Crippen LogP contribution in [0.4, 0.5) is 11.4 Å². The number of rotatable bonds is 0. The van der Waals surface area contributed by atoms with Crippen LogP contribution in [0.15, 0.2) is 84.2 Å². The molecule has 0 saturated heterocycles. The number of hydrogen-bond donors (Lipinski definition) is 2. The van der Waals surface area contributed by atoms with E-state index in [-0.39, 0.29) is 0 Å². The molecule has 2 nitrogen and oxygen atoms in total. The Morgan fingerprint density at radius 3 is 2.19 bits per heavy atom. The molecule has 26 heavy (non-hydrogen) atoms. The number of para-hydroxylation sites is 1. The van der Waals surface area contributed by atoms with Crippen LogP contribution in [0, 0.1) is 0 Å². The number of benzene rings is 3. The molecule has 130 valence electrons. The van der Waals surface area contributed by atoms with Crippen LogP contribution in [0.2, 0.25) is 0 Å². The highest BCUT2D eigenvalue weighted by atomic mass is 14.9. The summed E-state index contributed by atoms with van der Waals surface area (Å²) in [7, 11) is 0. The van der Waals surface area contributed by atoms with Gasteiger partial charge >= 0.3 is 0 Å². The lowest BCUT2D eigenvalue weighted by Crippen LogP contribution is -1.89. The van der Waals surface area contributed by atoms with Crippen molar-refractivity contribution in [1.29, 1.82) is 0 Å². The summed E-state index contributed by atoms with van der Waals surface area (Å²) in [6.45, 7) is 4.14. The molecule has 0 atom stereocenters. The summed E-state index contributed by atoms with van der Waals surface area (Å²) in [4.78, 5) is 0. The van der Waals surface area contributed by atoms with Gasteiger partial charge in [0.25, 0.3) is 0 Å². The third-order valence-electron chi connectivity index (χ3n) is 5.09. The topological polar surface area (TPSA) is 24.1 Å². The van der Waals surface area contributed by atoms with Crippen LogP contribution < -0.4 is 10.6 Å². The Bertz CT molecular complexity index is 985. The van der Waals surface area contributed by atoms with E-state index >= 15 is 0 Å². The molecule has 3 aromatic rings. The van der Waals surface area contributed by atoms with E-state index in [4.69, 9.17) is 0 Å². The molecule has 0 unspecified atom stereocenters. The van der Waals surface area contributed by atoms with Crippen molar-refractivity contribution in [3.05, 3.63) is 95.3 Å². The van der Waals surface area contributed by atoms with Gasteiger partial charge in [0.05, 0.1) is 0 Å². The second-order valence-corrected chi connectivity index (χ2v) is 6.70. The fraction of sp³-hybridized carbons (Fsp3) is 0.167. The van der Waals surface area contributed by atoms with Crippen molar-refractivity contribution in [2.24, 2.45) is 0 Å². The highest BCUT2D eigenvalue weighted by Crippen LogP contribution is 2.34. The van der Waals surface area contributed by atoms with Crippen LogP contribution in [0.5, 0.6) is 0 Å². The molecular weight excluding hydrogens is 316 g/mol. The maximum Gasteiger partial charge on any atom is 0.0424 e. The predicted octanol–water partition coefficient (Wildman–Crippen LogP) is 6.27. The van der Waals surface area contributed by atoms with E-state index in [1.54, 1.807) is 0 Å². The van der Waals surface area contributed by atoms with Gasteiger partial charge in [-0.1, -0.05) is 60.7 Å². The van der Waals surface area contributed by atoms with Crippen LogP contribution in [0.25, 0.3) is 10.8 Å². The van der Waals surface area contributed by atoms with Gasteiger partial charge in [-0.25, -0.2) is 0 Å². The number of hydrogen-bond acceptors (Lipinski definition) is 2. The Kier molecular flexibility index (Phi) is 4.49. The van der Waals surface area contributed by atoms with E-state index in [0.29, 0.717) is 0 Å². The summed E-state index contributed by atoms with van der Waals surface area (Å²) in [6.07, 6.45) is 6.37. The zero-order chi connectivity index (χ0) is 17.9. The number of allylic oxidation sites excluding steroid dienone is 4. The number of fused-ring (bicyclic) bond motifs is 4. The highest BCUT2D eigenvalue weighted by Gasteiger charge is 2.16. The normalized spacial score (nSPS) is 17.3. The minimum absolute atomic E-state index is 1.03. The molecule has 3 aromatic carbocycles.